The molecule has 1 heterocycles. The van der Waals surface area contributed by atoms with Gasteiger partial charge in [-0.3, -0.25) is 10.1 Å². The number of hydrogen-bond acceptors (Lipinski definition) is 6. The number of benzene rings is 2. The molecule has 3 aromatic rings. The number of aryl methyl sites for hydroxylation is 2. The molecule has 0 bridgehead atoms. The van der Waals surface area contributed by atoms with Gasteiger partial charge in [-0.05, 0) is 49.2 Å². The summed E-state index contributed by atoms with van der Waals surface area (Å²) in [5, 5.41) is 14.7. The number of nitrogens with one attached hydrogen (secondary N) is 1. The van der Waals surface area contributed by atoms with E-state index in [2.05, 4.69) is 15.3 Å². The largest absolute Gasteiger partial charge is 0.434 e. The Bertz CT molecular complexity index is 1060. The molecule has 0 radical (unpaired) electrons. The summed E-state index contributed by atoms with van der Waals surface area (Å²) in [5.41, 5.74) is 0.976. The van der Waals surface area contributed by atoms with Gasteiger partial charge in [0.25, 0.3) is 0 Å². The van der Waals surface area contributed by atoms with Crippen molar-refractivity contribution in [2.24, 2.45) is 0 Å². The van der Waals surface area contributed by atoms with Crippen molar-refractivity contribution < 1.29 is 18.4 Å². The Morgan fingerprint density at radius 1 is 1.11 bits per heavy atom. The van der Waals surface area contributed by atoms with E-state index >= 15 is 0 Å². The third kappa shape index (κ3) is 3.99. The molecule has 0 unspecified atom stereocenters. The Hall–Kier alpha value is -3.33. The minimum Gasteiger partial charge on any atom is -0.434 e. The van der Waals surface area contributed by atoms with E-state index in [4.69, 9.17) is 16.3 Å². The molecule has 2 aromatic carbocycles. The number of aromatic nitrogens is 2. The van der Waals surface area contributed by atoms with Gasteiger partial charge < -0.3 is 10.1 Å². The SMILES string of the molecule is Cc1cc(Oc2ncnc(Nc3ccc(F)c(F)c3)c2[N+](=O)[O-])cc(C)c1Cl. The molecule has 0 aliphatic heterocycles. The zero-order valence-corrected chi connectivity index (χ0v) is 15.4. The monoisotopic (exact) mass is 406 g/mol. The number of nitrogens with zero attached hydrogens (tertiary/aromatic N) is 3. The van der Waals surface area contributed by atoms with Crippen LogP contribution in [0.4, 0.5) is 26.0 Å². The fraction of sp³-hybridized carbons (Fsp3) is 0.111. The smallest absolute Gasteiger partial charge is 0.373 e. The molecule has 0 fully saturated rings. The second-order valence-electron chi connectivity index (χ2n) is 5.86. The van der Waals surface area contributed by atoms with E-state index in [9.17, 15) is 18.9 Å². The van der Waals surface area contributed by atoms with E-state index in [0.717, 1.165) is 29.6 Å². The van der Waals surface area contributed by atoms with Crippen molar-refractivity contribution in [3.8, 4) is 11.6 Å². The lowest BCUT2D eigenvalue weighted by Gasteiger charge is -2.11. The van der Waals surface area contributed by atoms with Crippen LogP contribution in [-0.2, 0) is 0 Å². The molecular formula is C18H13ClF2N4O3. The lowest BCUT2D eigenvalue weighted by molar-refractivity contribution is -0.385. The maximum absolute atomic E-state index is 13.4. The van der Waals surface area contributed by atoms with E-state index < -0.39 is 22.2 Å². The van der Waals surface area contributed by atoms with Crippen molar-refractivity contribution >= 4 is 28.8 Å². The Labute approximate surface area is 163 Å². The number of nitro groups is 1. The first kappa shape index (κ1) is 19.4. The molecule has 3 rings (SSSR count). The first-order valence-corrected chi connectivity index (χ1v) is 8.30. The molecule has 10 heteroatoms. The van der Waals surface area contributed by atoms with Gasteiger partial charge in [-0.15, -0.1) is 0 Å². The molecule has 0 spiro atoms. The standard InChI is InChI=1S/C18H13ClF2N4O3/c1-9-5-12(6-10(2)15(9)19)28-18-16(25(26)27)17(22-8-23-18)24-11-3-4-13(20)14(21)7-11/h3-8H,1-2H3,(H,22,23,24). The van der Waals surface area contributed by atoms with Crippen LogP contribution >= 0.6 is 11.6 Å². The van der Waals surface area contributed by atoms with Gasteiger partial charge in [0.2, 0.25) is 5.82 Å². The maximum Gasteiger partial charge on any atom is 0.373 e. The highest BCUT2D eigenvalue weighted by Gasteiger charge is 2.25. The number of anilines is 2. The summed E-state index contributed by atoms with van der Waals surface area (Å²) >= 11 is 6.12. The first-order valence-electron chi connectivity index (χ1n) is 7.92. The van der Waals surface area contributed by atoms with E-state index in [1.54, 1.807) is 26.0 Å². The van der Waals surface area contributed by atoms with Crippen molar-refractivity contribution in [3.63, 3.8) is 0 Å². The third-order valence-electron chi connectivity index (χ3n) is 3.78. The Kier molecular flexibility index (Phi) is 5.36. The number of ether oxygens (including phenoxy) is 1. The Balaban J connectivity index is 2.00. The zero-order chi connectivity index (χ0) is 20.4. The van der Waals surface area contributed by atoms with Crippen LogP contribution in [0.15, 0.2) is 36.7 Å². The van der Waals surface area contributed by atoms with Crippen molar-refractivity contribution in [1.82, 2.24) is 9.97 Å². The molecule has 0 atom stereocenters. The molecular weight excluding hydrogens is 394 g/mol. The minimum absolute atomic E-state index is 0.0739. The highest BCUT2D eigenvalue weighted by molar-refractivity contribution is 6.32. The lowest BCUT2D eigenvalue weighted by atomic mass is 10.1. The van der Waals surface area contributed by atoms with Gasteiger partial charge in [-0.1, -0.05) is 11.6 Å². The Morgan fingerprint density at radius 2 is 1.79 bits per heavy atom. The van der Waals surface area contributed by atoms with E-state index in [-0.39, 0.29) is 17.4 Å². The minimum atomic E-state index is -1.11. The molecule has 0 aliphatic carbocycles. The van der Waals surface area contributed by atoms with Gasteiger partial charge in [-0.25, -0.2) is 13.8 Å². The maximum atomic E-state index is 13.4. The Morgan fingerprint density at radius 3 is 2.39 bits per heavy atom. The molecule has 144 valence electrons. The van der Waals surface area contributed by atoms with Crippen molar-refractivity contribution in [3.05, 3.63) is 74.6 Å². The topological polar surface area (TPSA) is 90.2 Å². The molecule has 0 amide bonds. The average Bonchev–Trinajstić information content (AvgIpc) is 2.62. The second-order valence-corrected chi connectivity index (χ2v) is 6.24. The van der Waals surface area contributed by atoms with Crippen LogP contribution in [0.2, 0.25) is 5.02 Å². The summed E-state index contributed by atoms with van der Waals surface area (Å²) in [6, 6.07) is 6.19. The highest BCUT2D eigenvalue weighted by atomic mass is 35.5. The average molecular weight is 407 g/mol. The summed E-state index contributed by atoms with van der Waals surface area (Å²) < 4.78 is 32.1. The molecule has 28 heavy (non-hydrogen) atoms. The molecule has 0 saturated carbocycles. The van der Waals surface area contributed by atoms with Crippen LogP contribution < -0.4 is 10.1 Å². The van der Waals surface area contributed by atoms with Gasteiger partial charge in [-0.2, -0.15) is 4.98 Å². The van der Waals surface area contributed by atoms with Crippen molar-refractivity contribution in [1.29, 1.82) is 0 Å². The van der Waals surface area contributed by atoms with Crippen molar-refractivity contribution in [2.45, 2.75) is 13.8 Å². The van der Waals surface area contributed by atoms with Crippen LogP contribution in [0.3, 0.4) is 0 Å². The predicted octanol–water partition coefficient (Wildman–Crippen LogP) is 5.47. The van der Waals surface area contributed by atoms with Crippen LogP contribution in [0.25, 0.3) is 0 Å². The van der Waals surface area contributed by atoms with Crippen LogP contribution in [0, 0.1) is 35.6 Å². The summed E-state index contributed by atoms with van der Waals surface area (Å²) in [6.07, 6.45) is 1.06. The van der Waals surface area contributed by atoms with E-state index in [1.807, 2.05) is 0 Å². The quantitative estimate of drug-likeness (QED) is 0.446. The third-order valence-corrected chi connectivity index (χ3v) is 4.37. The first-order chi connectivity index (χ1) is 13.3. The second kappa shape index (κ2) is 7.73. The number of halogens is 3. The fourth-order valence-corrected chi connectivity index (χ4v) is 2.59. The summed E-state index contributed by atoms with van der Waals surface area (Å²) in [5.74, 6) is -2.39. The zero-order valence-electron chi connectivity index (χ0n) is 14.7. The highest BCUT2D eigenvalue weighted by Crippen LogP contribution is 2.37. The number of rotatable bonds is 5. The van der Waals surface area contributed by atoms with Gasteiger partial charge in [0, 0.05) is 16.8 Å². The molecule has 0 saturated heterocycles. The molecule has 7 nitrogen and oxygen atoms in total. The lowest BCUT2D eigenvalue weighted by Crippen LogP contribution is -2.04. The normalized spacial score (nSPS) is 10.6. The van der Waals surface area contributed by atoms with Crippen molar-refractivity contribution in [2.75, 3.05) is 5.32 Å². The summed E-state index contributed by atoms with van der Waals surface area (Å²) in [4.78, 5) is 18.5. The molecule has 1 N–H and O–H groups in total. The van der Waals surface area contributed by atoms with Crippen LogP contribution in [-0.4, -0.2) is 14.9 Å². The van der Waals surface area contributed by atoms with Gasteiger partial charge >= 0.3 is 11.6 Å². The van der Waals surface area contributed by atoms with Crippen LogP contribution in [0.5, 0.6) is 11.6 Å². The molecule has 1 aromatic heterocycles. The van der Waals surface area contributed by atoms with Gasteiger partial charge in [0.05, 0.1) is 4.92 Å². The van der Waals surface area contributed by atoms with Gasteiger partial charge in [0.15, 0.2) is 11.6 Å². The predicted molar refractivity (Wildman–Crippen MR) is 99.3 cm³/mol. The van der Waals surface area contributed by atoms with E-state index in [1.165, 1.54) is 6.07 Å². The van der Waals surface area contributed by atoms with Crippen LogP contribution in [0.1, 0.15) is 11.1 Å². The van der Waals surface area contributed by atoms with E-state index in [0.29, 0.717) is 10.8 Å². The van der Waals surface area contributed by atoms with Gasteiger partial charge in [0.1, 0.15) is 12.1 Å². The number of hydrogen-bond donors (Lipinski definition) is 1. The summed E-state index contributed by atoms with van der Waals surface area (Å²) in [7, 11) is 0. The summed E-state index contributed by atoms with van der Waals surface area (Å²) in [6.45, 7) is 3.54. The fourth-order valence-electron chi connectivity index (χ4n) is 2.48. The molecule has 0 aliphatic rings.